The first kappa shape index (κ1) is 16.3. The zero-order valence-electron chi connectivity index (χ0n) is 13.5. The van der Waals surface area contributed by atoms with Gasteiger partial charge in [-0.2, -0.15) is 0 Å². The monoisotopic (exact) mass is 347 g/mol. The van der Waals surface area contributed by atoms with Gasteiger partial charge in [0.05, 0.1) is 11.8 Å². The molecule has 3 aromatic heterocycles. The highest BCUT2D eigenvalue weighted by atomic mass is 32.1. The first-order valence-corrected chi connectivity index (χ1v) is 8.39. The highest BCUT2D eigenvalue weighted by molar-refractivity contribution is 7.17. The Hall–Kier alpha value is -2.55. The Morgan fingerprint density at radius 3 is 2.79 bits per heavy atom. The van der Waals surface area contributed by atoms with Crippen molar-refractivity contribution in [3.63, 3.8) is 0 Å². The number of thiophene rings is 1. The fourth-order valence-corrected chi connectivity index (χ4v) is 2.94. The molecule has 1 amide bonds. The molecule has 0 fully saturated rings. The Labute approximate surface area is 141 Å². The van der Waals surface area contributed by atoms with Gasteiger partial charge in [-0.1, -0.05) is 13.8 Å². The van der Waals surface area contributed by atoms with Crippen LogP contribution in [0.5, 0.6) is 0 Å². The van der Waals surface area contributed by atoms with Crippen molar-refractivity contribution in [2.45, 2.75) is 39.3 Å². The summed E-state index contributed by atoms with van der Waals surface area (Å²) in [4.78, 5) is 28.6. The van der Waals surface area contributed by atoms with Crippen LogP contribution in [-0.2, 0) is 11.3 Å². The number of fused-ring (bicyclic) bond motifs is 1. The van der Waals surface area contributed by atoms with Gasteiger partial charge in [-0.15, -0.1) is 21.5 Å². The molecule has 0 saturated heterocycles. The fourth-order valence-electron chi connectivity index (χ4n) is 2.15. The van der Waals surface area contributed by atoms with Crippen molar-refractivity contribution in [2.75, 3.05) is 0 Å². The fraction of sp³-hybridized carbons (Fsp3) is 0.400. The van der Waals surface area contributed by atoms with Gasteiger partial charge in [-0.3, -0.25) is 14.2 Å². The molecule has 0 aliphatic carbocycles. The minimum Gasteiger partial charge on any atom is -0.423 e. The van der Waals surface area contributed by atoms with Crippen molar-refractivity contribution in [1.82, 2.24) is 25.1 Å². The number of hydrogen-bond donors (Lipinski definition) is 1. The van der Waals surface area contributed by atoms with Gasteiger partial charge in [0, 0.05) is 5.92 Å². The molecule has 0 bridgehead atoms. The summed E-state index contributed by atoms with van der Waals surface area (Å²) in [6, 6.07) is 1.34. The smallest absolute Gasteiger partial charge is 0.271 e. The molecule has 126 valence electrons. The van der Waals surface area contributed by atoms with Gasteiger partial charge in [0.25, 0.3) is 5.56 Å². The predicted octanol–water partition coefficient (Wildman–Crippen LogP) is 1.84. The summed E-state index contributed by atoms with van der Waals surface area (Å²) in [5.41, 5.74) is 0.416. The Balaban J connectivity index is 1.69. The van der Waals surface area contributed by atoms with Crippen LogP contribution < -0.4 is 10.9 Å². The third-order valence-electron chi connectivity index (χ3n) is 3.45. The molecule has 0 saturated carbocycles. The van der Waals surface area contributed by atoms with Crippen LogP contribution in [0.4, 0.5) is 0 Å². The molecule has 0 unspecified atom stereocenters. The molecule has 1 N–H and O–H groups in total. The van der Waals surface area contributed by atoms with Crippen LogP contribution in [0.15, 0.2) is 27.0 Å². The van der Waals surface area contributed by atoms with Crippen LogP contribution in [0.2, 0.25) is 0 Å². The Bertz CT molecular complexity index is 926. The van der Waals surface area contributed by atoms with E-state index in [2.05, 4.69) is 20.5 Å². The van der Waals surface area contributed by atoms with Crippen LogP contribution in [0, 0.1) is 0 Å². The maximum absolute atomic E-state index is 12.3. The molecule has 9 heteroatoms. The summed E-state index contributed by atoms with van der Waals surface area (Å²) in [5, 5.41) is 12.4. The molecule has 3 aromatic rings. The lowest BCUT2D eigenvalue weighted by Gasteiger charge is -2.11. The minimum absolute atomic E-state index is 0.116. The summed E-state index contributed by atoms with van der Waals surface area (Å²) >= 11 is 1.31. The molecule has 0 aliphatic heterocycles. The topological polar surface area (TPSA) is 103 Å². The maximum Gasteiger partial charge on any atom is 0.271 e. The molecule has 3 heterocycles. The summed E-state index contributed by atoms with van der Waals surface area (Å²) in [6.45, 7) is 5.52. The standard InChI is InChI=1S/C15H17N5O3S/c1-8(2)13-18-19-14(23-13)9(3)17-11(21)6-20-7-16-10-4-5-24-12(10)15(20)22/h4-5,7-9H,6H2,1-3H3,(H,17,21)/t9-/m1/s1. The zero-order chi connectivity index (χ0) is 17.3. The summed E-state index contributed by atoms with van der Waals surface area (Å²) in [7, 11) is 0. The van der Waals surface area contributed by atoms with Crippen molar-refractivity contribution < 1.29 is 9.21 Å². The van der Waals surface area contributed by atoms with Gasteiger partial charge >= 0.3 is 0 Å². The highest BCUT2D eigenvalue weighted by Gasteiger charge is 2.18. The number of nitrogens with one attached hydrogen (secondary N) is 1. The van der Waals surface area contributed by atoms with E-state index in [9.17, 15) is 9.59 Å². The van der Waals surface area contributed by atoms with Crippen molar-refractivity contribution in [2.24, 2.45) is 0 Å². The van der Waals surface area contributed by atoms with E-state index in [0.717, 1.165) is 0 Å². The first-order valence-electron chi connectivity index (χ1n) is 7.51. The van der Waals surface area contributed by atoms with Crippen LogP contribution in [0.1, 0.15) is 44.5 Å². The van der Waals surface area contributed by atoms with Crippen LogP contribution in [0.3, 0.4) is 0 Å². The molecule has 0 spiro atoms. The number of amides is 1. The second kappa shape index (κ2) is 6.52. The van der Waals surface area contributed by atoms with Gasteiger partial charge in [-0.05, 0) is 18.4 Å². The summed E-state index contributed by atoms with van der Waals surface area (Å²) < 4.78 is 7.34. The Kier molecular flexibility index (Phi) is 4.43. The van der Waals surface area contributed by atoms with Gasteiger partial charge < -0.3 is 9.73 Å². The quantitative estimate of drug-likeness (QED) is 0.755. The van der Waals surface area contributed by atoms with E-state index in [1.807, 2.05) is 13.8 Å². The zero-order valence-corrected chi connectivity index (χ0v) is 14.3. The number of carbonyl (C=O) groups is 1. The minimum atomic E-state index is -0.438. The van der Waals surface area contributed by atoms with Crippen LogP contribution >= 0.6 is 11.3 Å². The van der Waals surface area contributed by atoms with Gasteiger partial charge in [-0.25, -0.2) is 4.98 Å². The van der Waals surface area contributed by atoms with E-state index in [0.29, 0.717) is 22.0 Å². The Morgan fingerprint density at radius 2 is 2.08 bits per heavy atom. The Morgan fingerprint density at radius 1 is 1.33 bits per heavy atom. The number of rotatable bonds is 5. The maximum atomic E-state index is 12.3. The molecule has 24 heavy (non-hydrogen) atoms. The van der Waals surface area contributed by atoms with Gasteiger partial charge in [0.2, 0.25) is 17.7 Å². The van der Waals surface area contributed by atoms with Gasteiger partial charge in [0.1, 0.15) is 17.3 Å². The normalized spacial score (nSPS) is 12.7. The third kappa shape index (κ3) is 3.21. The van der Waals surface area contributed by atoms with Crippen molar-refractivity contribution in [3.8, 4) is 0 Å². The molecular formula is C15H17N5O3S. The lowest BCUT2D eigenvalue weighted by atomic mass is 10.2. The second-order valence-corrected chi connectivity index (χ2v) is 6.65. The van der Waals surface area contributed by atoms with Crippen LogP contribution in [0.25, 0.3) is 10.2 Å². The molecule has 8 nitrogen and oxygen atoms in total. The first-order chi connectivity index (χ1) is 11.5. The molecule has 0 aromatic carbocycles. The molecular weight excluding hydrogens is 330 g/mol. The van der Waals surface area contributed by atoms with Crippen molar-refractivity contribution in [3.05, 3.63) is 39.9 Å². The van der Waals surface area contributed by atoms with Crippen molar-refractivity contribution >= 4 is 27.5 Å². The number of hydrogen-bond acceptors (Lipinski definition) is 7. The number of aromatic nitrogens is 4. The van der Waals surface area contributed by atoms with E-state index in [1.165, 1.54) is 22.2 Å². The SMILES string of the molecule is CC(C)c1nnc([C@@H](C)NC(=O)Cn2cnc3ccsc3c2=O)o1. The van der Waals surface area contributed by atoms with Crippen molar-refractivity contribution in [1.29, 1.82) is 0 Å². The van der Waals surface area contributed by atoms with Crippen LogP contribution in [-0.4, -0.2) is 25.7 Å². The average Bonchev–Trinajstić information content (AvgIpc) is 3.18. The molecule has 1 atom stereocenters. The van der Waals surface area contributed by atoms with Gasteiger partial charge in [0.15, 0.2) is 0 Å². The second-order valence-electron chi connectivity index (χ2n) is 5.74. The lowest BCUT2D eigenvalue weighted by molar-refractivity contribution is -0.122. The number of nitrogens with zero attached hydrogens (tertiary/aromatic N) is 4. The van der Waals surface area contributed by atoms with E-state index in [1.54, 1.807) is 18.4 Å². The van der Waals surface area contributed by atoms with E-state index in [4.69, 9.17) is 4.42 Å². The number of carbonyl (C=O) groups excluding carboxylic acids is 1. The summed E-state index contributed by atoms with van der Waals surface area (Å²) in [5.74, 6) is 0.656. The lowest BCUT2D eigenvalue weighted by Crippen LogP contribution is -2.33. The summed E-state index contributed by atoms with van der Waals surface area (Å²) in [6.07, 6.45) is 1.38. The van der Waals surface area contributed by atoms with E-state index < -0.39 is 6.04 Å². The molecule has 0 radical (unpaired) electrons. The van der Waals surface area contributed by atoms with E-state index >= 15 is 0 Å². The highest BCUT2D eigenvalue weighted by Crippen LogP contribution is 2.16. The average molecular weight is 347 g/mol. The predicted molar refractivity (Wildman–Crippen MR) is 88.8 cm³/mol. The molecule has 0 aliphatic rings. The van der Waals surface area contributed by atoms with E-state index in [-0.39, 0.29) is 23.9 Å². The largest absolute Gasteiger partial charge is 0.423 e. The molecule has 3 rings (SSSR count). The third-order valence-corrected chi connectivity index (χ3v) is 4.34.